The molecule has 2 aromatic rings. The monoisotopic (exact) mass is 344 g/mol. The third-order valence-electron chi connectivity index (χ3n) is 3.60. The van der Waals surface area contributed by atoms with Crippen LogP contribution in [0, 0.1) is 6.92 Å². The van der Waals surface area contributed by atoms with Crippen LogP contribution in [0.25, 0.3) is 0 Å². The number of anilines is 1. The van der Waals surface area contributed by atoms with Crippen molar-refractivity contribution >= 4 is 11.7 Å². The van der Waals surface area contributed by atoms with Crippen LogP contribution in [-0.4, -0.2) is 33.4 Å². The molecule has 6 nitrogen and oxygen atoms in total. The Morgan fingerprint density at radius 1 is 1.00 bits per heavy atom. The molecule has 0 aliphatic heterocycles. The first-order valence-electron chi connectivity index (χ1n) is 8.09. The molecule has 2 N–H and O–H groups in total. The summed E-state index contributed by atoms with van der Waals surface area (Å²) in [6.45, 7) is 3.07. The molecule has 0 aromatic heterocycles. The Bertz CT molecular complexity index is 704. The van der Waals surface area contributed by atoms with Gasteiger partial charge in [-0.15, -0.1) is 0 Å². The van der Waals surface area contributed by atoms with Gasteiger partial charge in [-0.3, -0.25) is 0 Å². The van der Waals surface area contributed by atoms with Crippen molar-refractivity contribution in [3.8, 4) is 17.2 Å². The first-order chi connectivity index (χ1) is 12.1. The average molecular weight is 344 g/mol. The lowest BCUT2D eigenvalue weighted by atomic mass is 10.2. The van der Waals surface area contributed by atoms with E-state index >= 15 is 0 Å². The third kappa shape index (κ3) is 5.60. The van der Waals surface area contributed by atoms with Crippen molar-refractivity contribution in [1.29, 1.82) is 0 Å². The number of aryl methyl sites for hydroxylation is 1. The lowest BCUT2D eigenvalue weighted by Crippen LogP contribution is -2.30. The van der Waals surface area contributed by atoms with Gasteiger partial charge < -0.3 is 24.8 Å². The quantitative estimate of drug-likeness (QED) is 0.718. The van der Waals surface area contributed by atoms with E-state index in [1.807, 2.05) is 31.2 Å². The van der Waals surface area contributed by atoms with Gasteiger partial charge in [0.05, 0.1) is 20.8 Å². The number of nitrogens with one attached hydrogen (secondary N) is 2. The minimum absolute atomic E-state index is 0.275. The minimum Gasteiger partial charge on any atom is -0.493 e. The highest BCUT2D eigenvalue weighted by molar-refractivity contribution is 5.89. The molecule has 0 aliphatic rings. The second-order valence-corrected chi connectivity index (χ2v) is 5.42. The Labute approximate surface area is 148 Å². The van der Waals surface area contributed by atoms with Crippen LogP contribution >= 0.6 is 0 Å². The summed E-state index contributed by atoms with van der Waals surface area (Å²) in [6.07, 6.45) is 0.716. The van der Waals surface area contributed by atoms with Gasteiger partial charge in [0, 0.05) is 18.3 Å². The Hall–Kier alpha value is -2.89. The summed E-state index contributed by atoms with van der Waals surface area (Å²) in [5.74, 6) is 2.05. The first-order valence-corrected chi connectivity index (χ1v) is 8.09. The van der Waals surface area contributed by atoms with E-state index in [2.05, 4.69) is 10.6 Å². The molecular formula is C19H24N2O4. The van der Waals surface area contributed by atoms with Gasteiger partial charge in [-0.05, 0) is 37.1 Å². The SMILES string of the molecule is COc1ccc(NC(=O)NCCCOc2ccccc2C)cc1OC. The molecule has 0 unspecified atom stereocenters. The van der Waals surface area contributed by atoms with Gasteiger partial charge in [0.2, 0.25) is 0 Å². The summed E-state index contributed by atoms with van der Waals surface area (Å²) in [7, 11) is 3.12. The van der Waals surface area contributed by atoms with E-state index in [0.29, 0.717) is 36.8 Å². The molecular weight excluding hydrogens is 320 g/mol. The zero-order valence-corrected chi connectivity index (χ0v) is 14.8. The van der Waals surface area contributed by atoms with Crippen LogP contribution in [0.3, 0.4) is 0 Å². The number of ether oxygens (including phenoxy) is 3. The van der Waals surface area contributed by atoms with Gasteiger partial charge >= 0.3 is 6.03 Å². The second-order valence-electron chi connectivity index (χ2n) is 5.42. The van der Waals surface area contributed by atoms with E-state index < -0.39 is 0 Å². The second kappa shape index (κ2) is 9.42. The van der Waals surface area contributed by atoms with Crippen molar-refractivity contribution in [2.75, 3.05) is 32.7 Å². The van der Waals surface area contributed by atoms with E-state index in [9.17, 15) is 4.79 Å². The summed E-state index contributed by atoms with van der Waals surface area (Å²) in [5.41, 5.74) is 1.73. The highest BCUT2D eigenvalue weighted by atomic mass is 16.5. The van der Waals surface area contributed by atoms with Gasteiger partial charge in [0.15, 0.2) is 11.5 Å². The van der Waals surface area contributed by atoms with Crippen LogP contribution < -0.4 is 24.8 Å². The molecule has 0 saturated heterocycles. The lowest BCUT2D eigenvalue weighted by molar-refractivity contribution is 0.250. The molecule has 0 spiro atoms. The van der Waals surface area contributed by atoms with Crippen LogP contribution in [0.15, 0.2) is 42.5 Å². The zero-order chi connectivity index (χ0) is 18.1. The van der Waals surface area contributed by atoms with E-state index in [0.717, 1.165) is 11.3 Å². The fourth-order valence-electron chi connectivity index (χ4n) is 2.26. The maximum atomic E-state index is 11.9. The number of para-hydroxylation sites is 1. The van der Waals surface area contributed by atoms with Crippen LogP contribution in [0.2, 0.25) is 0 Å². The largest absolute Gasteiger partial charge is 0.493 e. The number of hydrogen-bond acceptors (Lipinski definition) is 4. The fourth-order valence-corrected chi connectivity index (χ4v) is 2.26. The number of benzene rings is 2. The molecule has 2 rings (SSSR count). The number of methoxy groups -OCH3 is 2. The first kappa shape index (κ1) is 18.4. The van der Waals surface area contributed by atoms with Crippen molar-refractivity contribution in [3.63, 3.8) is 0 Å². The number of urea groups is 1. The van der Waals surface area contributed by atoms with Gasteiger partial charge in [-0.1, -0.05) is 18.2 Å². The smallest absolute Gasteiger partial charge is 0.319 e. The van der Waals surface area contributed by atoms with Crippen molar-refractivity contribution in [1.82, 2.24) is 5.32 Å². The maximum Gasteiger partial charge on any atom is 0.319 e. The Morgan fingerprint density at radius 3 is 2.48 bits per heavy atom. The summed E-state index contributed by atoms with van der Waals surface area (Å²) in [5, 5.41) is 5.56. The van der Waals surface area contributed by atoms with Gasteiger partial charge in [0.1, 0.15) is 5.75 Å². The van der Waals surface area contributed by atoms with E-state index in [1.54, 1.807) is 32.4 Å². The van der Waals surface area contributed by atoms with Crippen molar-refractivity contribution in [2.45, 2.75) is 13.3 Å². The zero-order valence-electron chi connectivity index (χ0n) is 14.8. The maximum absolute atomic E-state index is 11.9. The van der Waals surface area contributed by atoms with Crippen molar-refractivity contribution < 1.29 is 19.0 Å². The van der Waals surface area contributed by atoms with Crippen molar-refractivity contribution in [3.05, 3.63) is 48.0 Å². The molecule has 0 aliphatic carbocycles. The van der Waals surface area contributed by atoms with Gasteiger partial charge in [0.25, 0.3) is 0 Å². The fraction of sp³-hybridized carbons (Fsp3) is 0.316. The summed E-state index contributed by atoms with van der Waals surface area (Å²) in [6, 6.07) is 12.8. The lowest BCUT2D eigenvalue weighted by Gasteiger charge is -2.12. The minimum atomic E-state index is -0.275. The molecule has 0 atom stereocenters. The van der Waals surface area contributed by atoms with E-state index in [1.165, 1.54) is 0 Å². The summed E-state index contributed by atoms with van der Waals surface area (Å²) >= 11 is 0. The van der Waals surface area contributed by atoms with Crippen LogP contribution in [-0.2, 0) is 0 Å². The average Bonchev–Trinajstić information content (AvgIpc) is 2.62. The Morgan fingerprint density at radius 2 is 1.76 bits per heavy atom. The molecule has 6 heteroatoms. The van der Waals surface area contributed by atoms with Crippen LogP contribution in [0.1, 0.15) is 12.0 Å². The molecule has 0 heterocycles. The van der Waals surface area contributed by atoms with Crippen molar-refractivity contribution in [2.24, 2.45) is 0 Å². The molecule has 2 amide bonds. The number of hydrogen-bond donors (Lipinski definition) is 2. The number of carbonyl (C=O) groups excluding carboxylic acids is 1. The number of rotatable bonds is 8. The predicted molar refractivity (Wildman–Crippen MR) is 97.9 cm³/mol. The summed E-state index contributed by atoms with van der Waals surface area (Å²) in [4.78, 5) is 11.9. The van der Waals surface area contributed by atoms with Gasteiger partial charge in [-0.25, -0.2) is 4.79 Å². The molecule has 25 heavy (non-hydrogen) atoms. The van der Waals surface area contributed by atoms with Crippen LogP contribution in [0.4, 0.5) is 10.5 Å². The standard InChI is InChI=1S/C19H24N2O4/c1-14-7-4-5-8-16(14)25-12-6-11-20-19(22)21-15-9-10-17(23-2)18(13-15)24-3/h4-5,7-10,13H,6,11-12H2,1-3H3,(H2,20,21,22). The highest BCUT2D eigenvalue weighted by Gasteiger charge is 2.07. The molecule has 0 fully saturated rings. The van der Waals surface area contributed by atoms with E-state index in [4.69, 9.17) is 14.2 Å². The Kier molecular flexibility index (Phi) is 6.95. The van der Waals surface area contributed by atoms with E-state index in [-0.39, 0.29) is 6.03 Å². The number of amides is 2. The Balaban J connectivity index is 1.71. The summed E-state index contributed by atoms with van der Waals surface area (Å²) < 4.78 is 16.1. The predicted octanol–water partition coefficient (Wildman–Crippen LogP) is 3.60. The molecule has 2 aromatic carbocycles. The third-order valence-corrected chi connectivity index (χ3v) is 3.60. The number of carbonyl (C=O) groups is 1. The normalized spacial score (nSPS) is 10.0. The topological polar surface area (TPSA) is 68.8 Å². The highest BCUT2D eigenvalue weighted by Crippen LogP contribution is 2.29. The molecule has 0 radical (unpaired) electrons. The van der Waals surface area contributed by atoms with Crippen LogP contribution in [0.5, 0.6) is 17.2 Å². The van der Waals surface area contributed by atoms with Gasteiger partial charge in [-0.2, -0.15) is 0 Å². The molecule has 0 bridgehead atoms. The molecule has 0 saturated carbocycles. The molecule has 134 valence electrons.